The average Bonchev–Trinajstić information content (AvgIpc) is 2.45. The number of halogens is 2. The molecule has 3 rings (SSSR count). The van der Waals surface area contributed by atoms with Crippen LogP contribution in [0.25, 0.3) is 10.9 Å². The molecule has 2 aromatic rings. The normalized spacial score (nSPS) is 19.3. The van der Waals surface area contributed by atoms with Crippen molar-refractivity contribution in [3.8, 4) is 0 Å². The first-order chi connectivity index (χ1) is 10.8. The van der Waals surface area contributed by atoms with Gasteiger partial charge in [0.15, 0.2) is 5.82 Å². The highest BCUT2D eigenvalue weighted by molar-refractivity contribution is 7.88. The molecule has 1 fully saturated rings. The van der Waals surface area contributed by atoms with Crippen molar-refractivity contribution in [1.82, 2.24) is 9.71 Å². The van der Waals surface area contributed by atoms with Crippen molar-refractivity contribution < 1.29 is 17.2 Å². The molecule has 1 aromatic heterocycles. The summed E-state index contributed by atoms with van der Waals surface area (Å²) in [5.74, 6) is -1.36. The number of rotatable bonds is 3. The molecule has 1 atom stereocenters. The monoisotopic (exact) mass is 341 g/mol. The van der Waals surface area contributed by atoms with Crippen molar-refractivity contribution in [3.63, 3.8) is 0 Å². The molecule has 124 valence electrons. The minimum atomic E-state index is -3.29. The Bertz CT molecular complexity index is 842. The van der Waals surface area contributed by atoms with Crippen LogP contribution in [-0.4, -0.2) is 38.8 Å². The molecule has 5 nitrogen and oxygen atoms in total. The van der Waals surface area contributed by atoms with E-state index in [4.69, 9.17) is 0 Å². The number of hydrogen-bond donors (Lipinski definition) is 1. The molecule has 1 aliphatic rings. The van der Waals surface area contributed by atoms with Crippen molar-refractivity contribution in [3.05, 3.63) is 36.0 Å². The third-order valence-corrected chi connectivity index (χ3v) is 4.64. The van der Waals surface area contributed by atoms with Crippen LogP contribution in [0, 0.1) is 11.6 Å². The van der Waals surface area contributed by atoms with E-state index in [1.807, 2.05) is 4.90 Å². The molecule has 8 heteroatoms. The average molecular weight is 341 g/mol. The first-order valence-electron chi connectivity index (χ1n) is 7.29. The fourth-order valence-corrected chi connectivity index (χ4v) is 3.83. The number of nitrogens with one attached hydrogen (secondary N) is 1. The van der Waals surface area contributed by atoms with E-state index >= 15 is 0 Å². The minimum absolute atomic E-state index is 0.113. The Balaban J connectivity index is 1.96. The molecule has 0 aliphatic carbocycles. The number of aromatic nitrogens is 1. The molecule has 0 bridgehead atoms. The van der Waals surface area contributed by atoms with E-state index in [9.17, 15) is 17.2 Å². The van der Waals surface area contributed by atoms with Gasteiger partial charge in [-0.2, -0.15) is 0 Å². The predicted molar refractivity (Wildman–Crippen MR) is 84.9 cm³/mol. The van der Waals surface area contributed by atoms with Gasteiger partial charge in [-0.1, -0.05) is 0 Å². The summed E-state index contributed by atoms with van der Waals surface area (Å²) in [4.78, 5) is 5.92. The number of sulfonamides is 1. The van der Waals surface area contributed by atoms with Crippen LogP contribution in [0.2, 0.25) is 0 Å². The van der Waals surface area contributed by atoms with Crippen molar-refractivity contribution in [2.75, 3.05) is 24.2 Å². The summed E-state index contributed by atoms with van der Waals surface area (Å²) in [5.41, 5.74) is 0.774. The number of pyridine rings is 1. The van der Waals surface area contributed by atoms with Crippen LogP contribution in [0.5, 0.6) is 0 Å². The number of fused-ring (bicyclic) bond motifs is 1. The predicted octanol–water partition coefficient (Wildman–Crippen LogP) is 2.03. The maximum atomic E-state index is 13.9. The molecule has 23 heavy (non-hydrogen) atoms. The van der Waals surface area contributed by atoms with Crippen LogP contribution in [0.3, 0.4) is 0 Å². The summed E-state index contributed by atoms with van der Waals surface area (Å²) >= 11 is 0. The van der Waals surface area contributed by atoms with Crippen LogP contribution >= 0.6 is 0 Å². The van der Waals surface area contributed by atoms with Gasteiger partial charge in [0.2, 0.25) is 10.0 Å². The van der Waals surface area contributed by atoms with Gasteiger partial charge < -0.3 is 4.90 Å². The van der Waals surface area contributed by atoms with Crippen molar-refractivity contribution >= 4 is 26.6 Å². The summed E-state index contributed by atoms with van der Waals surface area (Å²) < 4.78 is 52.9. The first kappa shape index (κ1) is 16.1. The summed E-state index contributed by atoms with van der Waals surface area (Å²) in [6.07, 6.45) is 4.12. The van der Waals surface area contributed by atoms with Gasteiger partial charge >= 0.3 is 0 Å². The Kier molecular flexibility index (Phi) is 4.20. The largest absolute Gasteiger partial charge is 0.369 e. The van der Waals surface area contributed by atoms with E-state index in [1.165, 1.54) is 12.3 Å². The highest BCUT2D eigenvalue weighted by Gasteiger charge is 2.24. The van der Waals surface area contributed by atoms with Crippen LogP contribution in [0.1, 0.15) is 12.8 Å². The zero-order valence-corrected chi connectivity index (χ0v) is 13.4. The van der Waals surface area contributed by atoms with Gasteiger partial charge in [-0.25, -0.2) is 21.9 Å². The Morgan fingerprint density at radius 3 is 2.87 bits per heavy atom. The highest BCUT2D eigenvalue weighted by atomic mass is 32.2. The molecule has 0 spiro atoms. The second-order valence-electron chi connectivity index (χ2n) is 5.79. The maximum absolute atomic E-state index is 13.9. The molecule has 0 saturated carbocycles. The fourth-order valence-electron chi connectivity index (χ4n) is 3.04. The summed E-state index contributed by atoms with van der Waals surface area (Å²) in [6.45, 7) is 1.14. The van der Waals surface area contributed by atoms with E-state index in [-0.39, 0.29) is 11.6 Å². The molecule has 1 aliphatic heterocycles. The standard InChI is InChI=1S/C15H17F2N3O2S/c1-23(21,22)19-11-3-2-6-20(9-11)14-4-5-18-15-12(14)7-10(16)8-13(15)17/h4-5,7-8,11,19H,2-3,6,9H2,1H3/t11-/m1/s1. The Morgan fingerprint density at radius 2 is 2.13 bits per heavy atom. The molecule has 2 heterocycles. The molecule has 0 amide bonds. The fraction of sp³-hybridized carbons (Fsp3) is 0.400. The van der Waals surface area contributed by atoms with Crippen LogP contribution in [0.4, 0.5) is 14.5 Å². The van der Waals surface area contributed by atoms with Crippen molar-refractivity contribution in [2.45, 2.75) is 18.9 Å². The number of hydrogen-bond acceptors (Lipinski definition) is 4. The van der Waals surface area contributed by atoms with E-state index < -0.39 is 21.7 Å². The quantitative estimate of drug-likeness (QED) is 0.928. The van der Waals surface area contributed by atoms with E-state index in [1.54, 1.807) is 6.07 Å². The van der Waals surface area contributed by atoms with Gasteiger partial charge in [0, 0.05) is 42.5 Å². The van der Waals surface area contributed by atoms with Gasteiger partial charge in [-0.3, -0.25) is 4.98 Å². The van der Waals surface area contributed by atoms with Crippen LogP contribution < -0.4 is 9.62 Å². The lowest BCUT2D eigenvalue weighted by atomic mass is 10.0. The lowest BCUT2D eigenvalue weighted by Gasteiger charge is -2.35. The van der Waals surface area contributed by atoms with Crippen LogP contribution in [-0.2, 0) is 10.0 Å². The second kappa shape index (κ2) is 6.01. The smallest absolute Gasteiger partial charge is 0.209 e. The van der Waals surface area contributed by atoms with Crippen molar-refractivity contribution in [2.24, 2.45) is 0 Å². The molecule has 1 N–H and O–H groups in total. The topological polar surface area (TPSA) is 62.3 Å². The summed E-state index contributed by atoms with van der Waals surface area (Å²) in [7, 11) is -3.29. The summed E-state index contributed by atoms with van der Waals surface area (Å²) in [5, 5.41) is 0.394. The van der Waals surface area contributed by atoms with Gasteiger partial charge in [-0.15, -0.1) is 0 Å². The Labute approximate surface area is 133 Å². The molecule has 0 unspecified atom stereocenters. The molecular formula is C15H17F2N3O2S. The van der Waals surface area contributed by atoms with Crippen LogP contribution in [0.15, 0.2) is 24.4 Å². The van der Waals surface area contributed by atoms with E-state index in [0.717, 1.165) is 25.2 Å². The number of nitrogens with zero attached hydrogens (tertiary/aromatic N) is 2. The number of piperidine rings is 1. The van der Waals surface area contributed by atoms with E-state index in [2.05, 4.69) is 9.71 Å². The number of benzene rings is 1. The second-order valence-corrected chi connectivity index (χ2v) is 7.57. The van der Waals surface area contributed by atoms with Gasteiger partial charge in [0.25, 0.3) is 0 Å². The molecule has 1 aromatic carbocycles. The maximum Gasteiger partial charge on any atom is 0.209 e. The Hall–Kier alpha value is -1.80. The van der Waals surface area contributed by atoms with Gasteiger partial charge in [0.1, 0.15) is 11.3 Å². The molecule has 0 radical (unpaired) electrons. The zero-order valence-electron chi connectivity index (χ0n) is 12.6. The highest BCUT2D eigenvalue weighted by Crippen LogP contribution is 2.30. The molecule has 1 saturated heterocycles. The Morgan fingerprint density at radius 1 is 1.35 bits per heavy atom. The summed E-state index contributed by atoms with van der Waals surface area (Å²) in [6, 6.07) is 3.54. The lowest BCUT2D eigenvalue weighted by molar-refractivity contribution is 0.468. The van der Waals surface area contributed by atoms with Gasteiger partial charge in [0.05, 0.1) is 6.26 Å². The van der Waals surface area contributed by atoms with E-state index in [0.29, 0.717) is 24.2 Å². The third kappa shape index (κ3) is 3.59. The third-order valence-electron chi connectivity index (χ3n) is 3.88. The molecular weight excluding hydrogens is 324 g/mol. The first-order valence-corrected chi connectivity index (χ1v) is 9.18. The SMILES string of the molecule is CS(=O)(=O)N[C@@H]1CCCN(c2ccnc3c(F)cc(F)cc23)C1. The van der Waals surface area contributed by atoms with Gasteiger partial charge in [-0.05, 0) is 25.0 Å². The van der Waals surface area contributed by atoms with Crippen molar-refractivity contribution in [1.29, 1.82) is 0 Å². The zero-order chi connectivity index (χ0) is 16.6. The number of anilines is 1. The minimum Gasteiger partial charge on any atom is -0.369 e. The lowest BCUT2D eigenvalue weighted by Crippen LogP contribution is -2.47.